The summed E-state index contributed by atoms with van der Waals surface area (Å²) >= 11 is 5.91. The van der Waals surface area contributed by atoms with Gasteiger partial charge in [0.2, 0.25) is 17.6 Å². The second-order valence-electron chi connectivity index (χ2n) is 7.69. The Morgan fingerprint density at radius 2 is 1.94 bits per heavy atom. The van der Waals surface area contributed by atoms with Gasteiger partial charge in [-0.25, -0.2) is 0 Å². The van der Waals surface area contributed by atoms with Crippen LogP contribution in [0.3, 0.4) is 0 Å². The highest BCUT2D eigenvalue weighted by molar-refractivity contribution is 6.38. The van der Waals surface area contributed by atoms with Gasteiger partial charge in [0.25, 0.3) is 11.8 Å². The summed E-state index contributed by atoms with van der Waals surface area (Å²) in [6.45, 7) is 1.75. The number of rotatable bonds is 9. The van der Waals surface area contributed by atoms with Crippen LogP contribution < -0.4 is 21.7 Å². The van der Waals surface area contributed by atoms with Crippen molar-refractivity contribution in [3.8, 4) is 0 Å². The van der Waals surface area contributed by atoms with Gasteiger partial charge < -0.3 is 21.7 Å². The van der Waals surface area contributed by atoms with Crippen LogP contribution in [-0.4, -0.2) is 47.7 Å². The van der Waals surface area contributed by atoms with E-state index < -0.39 is 54.5 Å². The number of nitrogens with one attached hydrogen (secondary N) is 3. The molecule has 1 aromatic carbocycles. The lowest BCUT2D eigenvalue weighted by Gasteiger charge is -2.20. The van der Waals surface area contributed by atoms with E-state index in [0.717, 1.165) is 6.07 Å². The fourth-order valence-electron chi connectivity index (χ4n) is 3.36. The van der Waals surface area contributed by atoms with Gasteiger partial charge in [-0.15, -0.1) is 0 Å². The third-order valence-electron chi connectivity index (χ3n) is 4.92. The second kappa shape index (κ2) is 10.6. The first kappa shape index (κ1) is 26.1. The quantitative estimate of drug-likeness (QED) is 0.389. The number of alkyl halides is 3. The topological polar surface area (TPSA) is 147 Å². The van der Waals surface area contributed by atoms with Crippen LogP contribution in [0.15, 0.2) is 18.2 Å². The molecule has 1 aliphatic rings. The molecule has 0 aliphatic carbocycles. The summed E-state index contributed by atoms with van der Waals surface area (Å²) in [5.41, 5.74) is 4.66. The van der Waals surface area contributed by atoms with Gasteiger partial charge in [0.05, 0.1) is 23.7 Å². The predicted molar refractivity (Wildman–Crippen MR) is 111 cm³/mol. The van der Waals surface area contributed by atoms with Crippen molar-refractivity contribution >= 4 is 46.7 Å². The standard InChI is InChI=1S/C20H22ClF3N4O5/c1-9-6-10(18(32)26-9)7-14(16(30)17(25)31)28-19(33)12-8-11(21)2-3-13(12)27-15(29)4-5-20(22,23)24/h2-3,8-10,14H,4-7H2,1H3,(H2,25,31)(H,26,32)(H,27,29)(H,28,33)/t9-,10+,14+/m1/s1. The van der Waals surface area contributed by atoms with E-state index in [9.17, 15) is 37.1 Å². The smallest absolute Gasteiger partial charge is 0.363 e. The van der Waals surface area contributed by atoms with E-state index in [-0.39, 0.29) is 34.6 Å². The van der Waals surface area contributed by atoms with Crippen molar-refractivity contribution in [3.05, 3.63) is 28.8 Å². The van der Waals surface area contributed by atoms with Crippen molar-refractivity contribution in [3.63, 3.8) is 0 Å². The number of carbonyl (C=O) groups is 5. The summed E-state index contributed by atoms with van der Waals surface area (Å²) in [5.74, 6) is -5.40. The van der Waals surface area contributed by atoms with Gasteiger partial charge in [0.15, 0.2) is 0 Å². The largest absolute Gasteiger partial charge is 0.389 e. The fraction of sp³-hybridized carbons (Fsp3) is 0.450. The Bertz CT molecular complexity index is 970. The zero-order valence-corrected chi connectivity index (χ0v) is 18.2. The van der Waals surface area contributed by atoms with E-state index in [4.69, 9.17) is 17.3 Å². The van der Waals surface area contributed by atoms with Gasteiger partial charge >= 0.3 is 6.18 Å². The number of hydrogen-bond acceptors (Lipinski definition) is 5. The molecule has 4 amide bonds. The van der Waals surface area contributed by atoms with Gasteiger partial charge in [-0.3, -0.25) is 24.0 Å². The van der Waals surface area contributed by atoms with Gasteiger partial charge in [-0.2, -0.15) is 13.2 Å². The number of nitrogens with two attached hydrogens (primary N) is 1. The molecular formula is C20H22ClF3N4O5. The van der Waals surface area contributed by atoms with E-state index in [0.29, 0.717) is 6.42 Å². The molecule has 1 saturated heterocycles. The summed E-state index contributed by atoms with van der Waals surface area (Å²) in [5, 5.41) is 7.24. The molecule has 33 heavy (non-hydrogen) atoms. The lowest BCUT2D eigenvalue weighted by Crippen LogP contribution is -2.47. The molecule has 0 bridgehead atoms. The van der Waals surface area contributed by atoms with E-state index in [1.165, 1.54) is 12.1 Å². The summed E-state index contributed by atoms with van der Waals surface area (Å²) in [4.78, 5) is 60.5. The molecule has 13 heteroatoms. The number of carbonyl (C=O) groups excluding carboxylic acids is 5. The van der Waals surface area contributed by atoms with Gasteiger partial charge in [0.1, 0.15) is 0 Å². The number of halogens is 4. The Kier molecular flexibility index (Phi) is 8.42. The first-order valence-corrected chi connectivity index (χ1v) is 10.3. The number of ketones is 1. The number of hydrogen-bond donors (Lipinski definition) is 4. The molecular weight excluding hydrogens is 469 g/mol. The molecule has 0 radical (unpaired) electrons. The third-order valence-corrected chi connectivity index (χ3v) is 5.15. The molecule has 1 aliphatic heterocycles. The lowest BCUT2D eigenvalue weighted by molar-refractivity contribution is -0.142. The average molecular weight is 491 g/mol. The molecule has 9 nitrogen and oxygen atoms in total. The minimum atomic E-state index is -4.54. The molecule has 0 unspecified atom stereocenters. The monoisotopic (exact) mass is 490 g/mol. The molecule has 2 rings (SSSR count). The molecule has 1 aromatic rings. The van der Waals surface area contributed by atoms with Crippen molar-refractivity contribution < 1.29 is 37.1 Å². The zero-order valence-electron chi connectivity index (χ0n) is 17.4. The maximum atomic E-state index is 12.9. The molecule has 1 fully saturated rings. The normalized spacial score (nSPS) is 18.9. The van der Waals surface area contributed by atoms with Crippen LogP contribution in [0.1, 0.15) is 43.0 Å². The molecule has 1 heterocycles. The van der Waals surface area contributed by atoms with Crippen molar-refractivity contribution in [2.24, 2.45) is 11.7 Å². The summed E-state index contributed by atoms with van der Waals surface area (Å²) in [6, 6.07) is 2.04. The molecule has 0 spiro atoms. The number of benzene rings is 1. The van der Waals surface area contributed by atoms with E-state index in [1.54, 1.807) is 6.92 Å². The van der Waals surface area contributed by atoms with Crippen molar-refractivity contribution in [1.29, 1.82) is 0 Å². The van der Waals surface area contributed by atoms with Crippen molar-refractivity contribution in [2.75, 3.05) is 5.32 Å². The van der Waals surface area contributed by atoms with E-state index in [2.05, 4.69) is 16.0 Å². The first-order valence-electron chi connectivity index (χ1n) is 9.88. The number of amides is 4. The molecule has 0 saturated carbocycles. The number of anilines is 1. The van der Waals surface area contributed by atoms with E-state index >= 15 is 0 Å². The number of primary amides is 1. The minimum Gasteiger partial charge on any atom is -0.363 e. The summed E-state index contributed by atoms with van der Waals surface area (Å²) < 4.78 is 37.1. The second-order valence-corrected chi connectivity index (χ2v) is 8.12. The fourth-order valence-corrected chi connectivity index (χ4v) is 3.53. The summed E-state index contributed by atoms with van der Waals surface area (Å²) in [6.07, 6.45) is -6.59. The predicted octanol–water partition coefficient (Wildman–Crippen LogP) is 1.69. The van der Waals surface area contributed by atoms with Crippen molar-refractivity contribution in [2.45, 2.75) is 50.9 Å². The maximum Gasteiger partial charge on any atom is 0.389 e. The van der Waals surface area contributed by atoms with Crippen LogP contribution in [0.5, 0.6) is 0 Å². The van der Waals surface area contributed by atoms with Crippen LogP contribution in [0.2, 0.25) is 5.02 Å². The van der Waals surface area contributed by atoms with Crippen LogP contribution in [0.4, 0.5) is 18.9 Å². The van der Waals surface area contributed by atoms with Gasteiger partial charge in [-0.1, -0.05) is 11.6 Å². The highest BCUT2D eigenvalue weighted by Crippen LogP contribution is 2.25. The summed E-state index contributed by atoms with van der Waals surface area (Å²) in [7, 11) is 0. The Morgan fingerprint density at radius 3 is 2.48 bits per heavy atom. The Balaban J connectivity index is 2.21. The third kappa shape index (κ3) is 7.74. The van der Waals surface area contributed by atoms with E-state index in [1.807, 2.05) is 0 Å². The average Bonchev–Trinajstić information content (AvgIpc) is 3.02. The van der Waals surface area contributed by atoms with Crippen molar-refractivity contribution in [1.82, 2.24) is 10.6 Å². The first-order chi connectivity index (χ1) is 15.3. The van der Waals surface area contributed by atoms with Crippen LogP contribution in [0, 0.1) is 5.92 Å². The zero-order chi connectivity index (χ0) is 24.9. The Morgan fingerprint density at radius 1 is 1.27 bits per heavy atom. The minimum absolute atomic E-state index is 0.0650. The molecule has 5 N–H and O–H groups in total. The molecule has 0 aromatic heterocycles. The Hall–Kier alpha value is -3.15. The highest BCUT2D eigenvalue weighted by atomic mass is 35.5. The van der Waals surface area contributed by atoms with Crippen LogP contribution in [0.25, 0.3) is 0 Å². The maximum absolute atomic E-state index is 12.9. The Labute approximate surface area is 191 Å². The van der Waals surface area contributed by atoms with Gasteiger partial charge in [-0.05, 0) is 38.0 Å². The highest BCUT2D eigenvalue weighted by Gasteiger charge is 2.36. The number of Topliss-reactive ketones (excluding diaryl/α,β-unsaturated/α-hetero) is 1. The molecule has 180 valence electrons. The van der Waals surface area contributed by atoms with Crippen LogP contribution in [-0.2, 0) is 19.2 Å². The lowest BCUT2D eigenvalue weighted by atomic mass is 9.94. The SMILES string of the molecule is C[C@@H]1C[C@@H](C[C@H](NC(=O)c2cc(Cl)ccc2NC(=O)CCC(F)(F)F)C(=O)C(N)=O)C(=O)N1. The molecule has 3 atom stereocenters. The van der Waals surface area contributed by atoms with Crippen LogP contribution >= 0.6 is 11.6 Å². The van der Waals surface area contributed by atoms with Gasteiger partial charge in [0, 0.05) is 23.4 Å².